The van der Waals surface area contributed by atoms with Crippen LogP contribution < -0.4 is 0 Å². The van der Waals surface area contributed by atoms with E-state index in [1.807, 2.05) is 0 Å². The van der Waals surface area contributed by atoms with Gasteiger partial charge in [0.1, 0.15) is 5.82 Å². The predicted molar refractivity (Wildman–Crippen MR) is 88.8 cm³/mol. The lowest BCUT2D eigenvalue weighted by Crippen LogP contribution is -2.03. The summed E-state index contributed by atoms with van der Waals surface area (Å²) in [6.45, 7) is 3.05. The van der Waals surface area contributed by atoms with Gasteiger partial charge in [0.15, 0.2) is 0 Å². The Balaban J connectivity index is 1.79. The summed E-state index contributed by atoms with van der Waals surface area (Å²) in [7, 11) is 0. The number of aromatic nitrogens is 2. The zero-order valence-corrected chi connectivity index (χ0v) is 13.0. The van der Waals surface area contributed by atoms with Crippen LogP contribution in [0.4, 0.5) is 0 Å². The van der Waals surface area contributed by atoms with Gasteiger partial charge in [0.2, 0.25) is 0 Å². The van der Waals surface area contributed by atoms with Crippen molar-refractivity contribution in [2.45, 2.75) is 32.2 Å². The van der Waals surface area contributed by atoms with Crippen LogP contribution in [0.1, 0.15) is 23.4 Å². The van der Waals surface area contributed by atoms with Gasteiger partial charge < -0.3 is 4.57 Å². The normalized spacial score (nSPS) is 11.1. The summed E-state index contributed by atoms with van der Waals surface area (Å²) in [6.07, 6.45) is 2.17. The monoisotopic (exact) mass is 298 g/mol. The van der Waals surface area contributed by atoms with Crippen molar-refractivity contribution in [1.29, 1.82) is 0 Å². The van der Waals surface area contributed by atoms with E-state index in [4.69, 9.17) is 11.6 Å². The summed E-state index contributed by atoms with van der Waals surface area (Å²) >= 11 is 6.06. The molecule has 3 aromatic rings. The average Bonchev–Trinajstić information content (AvgIpc) is 2.85. The Morgan fingerprint density at radius 2 is 1.90 bits per heavy atom. The second kappa shape index (κ2) is 6.31. The number of alkyl halides is 1. The molecule has 0 aliphatic carbocycles. The van der Waals surface area contributed by atoms with Gasteiger partial charge in [-0.25, -0.2) is 4.98 Å². The van der Waals surface area contributed by atoms with Gasteiger partial charge in [0.05, 0.1) is 16.9 Å². The molecule has 0 spiro atoms. The van der Waals surface area contributed by atoms with Crippen LogP contribution in [0.25, 0.3) is 11.0 Å². The van der Waals surface area contributed by atoms with Crippen LogP contribution in [-0.4, -0.2) is 9.55 Å². The molecule has 0 N–H and O–H groups in total. The van der Waals surface area contributed by atoms with Gasteiger partial charge in [-0.3, -0.25) is 0 Å². The maximum absolute atomic E-state index is 6.06. The fourth-order valence-corrected chi connectivity index (χ4v) is 2.93. The molecule has 2 aromatic carbocycles. The van der Waals surface area contributed by atoms with Crippen molar-refractivity contribution in [3.05, 3.63) is 65.5 Å². The summed E-state index contributed by atoms with van der Waals surface area (Å²) in [6, 6.07) is 17.0. The SMILES string of the molecule is Cc1ccc2c(c1)nc(CCl)n2CCCc1ccccc1. The highest BCUT2D eigenvalue weighted by Crippen LogP contribution is 2.20. The Morgan fingerprint density at radius 3 is 2.67 bits per heavy atom. The lowest BCUT2D eigenvalue weighted by molar-refractivity contribution is 0.638. The Morgan fingerprint density at radius 1 is 1.10 bits per heavy atom. The topological polar surface area (TPSA) is 17.8 Å². The van der Waals surface area contributed by atoms with Gasteiger partial charge in [0.25, 0.3) is 0 Å². The molecule has 0 fully saturated rings. The molecule has 0 aliphatic heterocycles. The summed E-state index contributed by atoms with van der Waals surface area (Å²) < 4.78 is 2.25. The summed E-state index contributed by atoms with van der Waals surface area (Å²) in [5, 5.41) is 0. The molecule has 0 aliphatic rings. The molecule has 0 amide bonds. The Labute approximate surface area is 130 Å². The van der Waals surface area contributed by atoms with Gasteiger partial charge in [0, 0.05) is 6.54 Å². The van der Waals surface area contributed by atoms with Gasteiger partial charge in [-0.1, -0.05) is 36.4 Å². The van der Waals surface area contributed by atoms with E-state index in [2.05, 4.69) is 65.0 Å². The average molecular weight is 299 g/mol. The van der Waals surface area contributed by atoms with Crippen molar-refractivity contribution in [2.75, 3.05) is 0 Å². The molecule has 0 radical (unpaired) electrons. The first kappa shape index (κ1) is 14.2. The number of nitrogens with zero attached hydrogens (tertiary/aromatic N) is 2. The van der Waals surface area contributed by atoms with Gasteiger partial charge in [-0.2, -0.15) is 0 Å². The number of aryl methyl sites for hydroxylation is 3. The Bertz CT molecular complexity index is 732. The second-order valence-corrected chi connectivity index (χ2v) is 5.66. The van der Waals surface area contributed by atoms with Crippen LogP contribution in [0.2, 0.25) is 0 Å². The molecule has 108 valence electrons. The third kappa shape index (κ3) is 3.11. The number of rotatable bonds is 5. The lowest BCUT2D eigenvalue weighted by Gasteiger charge is -2.08. The van der Waals surface area contributed by atoms with E-state index in [1.54, 1.807) is 0 Å². The van der Waals surface area contributed by atoms with Crippen LogP contribution in [0.3, 0.4) is 0 Å². The highest BCUT2D eigenvalue weighted by atomic mass is 35.5. The molecule has 1 heterocycles. The maximum atomic E-state index is 6.06. The van der Waals surface area contributed by atoms with E-state index in [1.165, 1.54) is 16.6 Å². The van der Waals surface area contributed by atoms with Crippen LogP contribution in [0.15, 0.2) is 48.5 Å². The molecule has 0 saturated heterocycles. The predicted octanol–water partition coefficient (Wildman–Crippen LogP) is 4.72. The van der Waals surface area contributed by atoms with Crippen molar-refractivity contribution in [3.8, 4) is 0 Å². The largest absolute Gasteiger partial charge is 0.327 e. The maximum Gasteiger partial charge on any atom is 0.124 e. The summed E-state index contributed by atoms with van der Waals surface area (Å²) in [5.41, 5.74) is 4.84. The van der Waals surface area contributed by atoms with Crippen molar-refractivity contribution in [2.24, 2.45) is 0 Å². The van der Waals surface area contributed by atoms with Crippen LogP contribution >= 0.6 is 11.6 Å². The summed E-state index contributed by atoms with van der Waals surface area (Å²) in [5.74, 6) is 1.42. The van der Waals surface area contributed by atoms with Gasteiger partial charge in [-0.05, 0) is 43.0 Å². The number of imidazole rings is 1. The molecule has 0 unspecified atom stereocenters. The molecule has 0 saturated carbocycles. The fourth-order valence-electron chi connectivity index (χ4n) is 2.73. The van der Waals surface area contributed by atoms with E-state index >= 15 is 0 Å². The first-order chi connectivity index (χ1) is 10.3. The third-order valence-corrected chi connectivity index (χ3v) is 4.03. The van der Waals surface area contributed by atoms with Crippen LogP contribution in [-0.2, 0) is 18.8 Å². The van der Waals surface area contributed by atoms with E-state index < -0.39 is 0 Å². The molecule has 0 bridgehead atoms. The molecular formula is C18H19ClN2. The van der Waals surface area contributed by atoms with Gasteiger partial charge in [-0.15, -0.1) is 11.6 Å². The van der Waals surface area contributed by atoms with Gasteiger partial charge >= 0.3 is 0 Å². The number of hydrogen-bond donors (Lipinski definition) is 0. The number of benzene rings is 2. The molecule has 3 heteroatoms. The molecule has 3 rings (SSSR count). The van der Waals surface area contributed by atoms with Crippen molar-refractivity contribution in [3.63, 3.8) is 0 Å². The second-order valence-electron chi connectivity index (χ2n) is 5.39. The Hall–Kier alpha value is -1.80. The quantitative estimate of drug-likeness (QED) is 0.623. The van der Waals surface area contributed by atoms with E-state index in [9.17, 15) is 0 Å². The highest BCUT2D eigenvalue weighted by Gasteiger charge is 2.09. The van der Waals surface area contributed by atoms with Crippen molar-refractivity contribution in [1.82, 2.24) is 9.55 Å². The fraction of sp³-hybridized carbons (Fsp3) is 0.278. The van der Waals surface area contributed by atoms with Crippen LogP contribution in [0.5, 0.6) is 0 Å². The first-order valence-corrected chi connectivity index (χ1v) is 7.87. The highest BCUT2D eigenvalue weighted by molar-refractivity contribution is 6.16. The number of hydrogen-bond acceptors (Lipinski definition) is 1. The minimum absolute atomic E-state index is 0.457. The molecule has 21 heavy (non-hydrogen) atoms. The van der Waals surface area contributed by atoms with E-state index in [-0.39, 0.29) is 0 Å². The molecular weight excluding hydrogens is 280 g/mol. The van der Waals surface area contributed by atoms with Crippen molar-refractivity contribution >= 4 is 22.6 Å². The molecule has 0 atom stereocenters. The minimum Gasteiger partial charge on any atom is -0.327 e. The standard InChI is InChI=1S/C18H19ClN2/c1-14-9-10-17-16(12-14)20-18(13-19)21(17)11-5-8-15-6-3-2-4-7-15/h2-4,6-7,9-10,12H,5,8,11,13H2,1H3. The molecule has 1 aromatic heterocycles. The van der Waals surface area contributed by atoms with Crippen molar-refractivity contribution < 1.29 is 0 Å². The summed E-state index contributed by atoms with van der Waals surface area (Å²) in [4.78, 5) is 4.65. The number of halogens is 1. The zero-order valence-electron chi connectivity index (χ0n) is 12.2. The van der Waals surface area contributed by atoms with E-state index in [0.29, 0.717) is 5.88 Å². The first-order valence-electron chi connectivity index (χ1n) is 7.33. The van der Waals surface area contributed by atoms with Crippen LogP contribution in [0, 0.1) is 6.92 Å². The lowest BCUT2D eigenvalue weighted by atomic mass is 10.1. The smallest absolute Gasteiger partial charge is 0.124 e. The van der Waals surface area contributed by atoms with E-state index in [0.717, 1.165) is 30.7 Å². The minimum atomic E-state index is 0.457. The third-order valence-electron chi connectivity index (χ3n) is 3.79. The zero-order chi connectivity index (χ0) is 14.7. The number of fused-ring (bicyclic) bond motifs is 1. The molecule has 2 nitrogen and oxygen atoms in total. The Kier molecular flexibility index (Phi) is 4.26.